The van der Waals surface area contributed by atoms with Gasteiger partial charge < -0.3 is 15.5 Å². The van der Waals surface area contributed by atoms with Crippen molar-refractivity contribution in [3.63, 3.8) is 0 Å². The van der Waals surface area contributed by atoms with Crippen LogP contribution < -0.4 is 10.6 Å². The van der Waals surface area contributed by atoms with Gasteiger partial charge >= 0.3 is 0 Å². The summed E-state index contributed by atoms with van der Waals surface area (Å²) in [7, 11) is 3.41. The van der Waals surface area contributed by atoms with Crippen molar-refractivity contribution < 1.29 is 9.59 Å². The summed E-state index contributed by atoms with van der Waals surface area (Å²) in [6.07, 6.45) is 4.85. The summed E-state index contributed by atoms with van der Waals surface area (Å²) in [5, 5.41) is 10.6. The number of nitrogens with one attached hydrogen (secondary N) is 2. The summed E-state index contributed by atoms with van der Waals surface area (Å²) >= 11 is 0. The van der Waals surface area contributed by atoms with Crippen molar-refractivity contribution in [3.05, 3.63) is 48.3 Å². The molecule has 0 bridgehead atoms. The van der Waals surface area contributed by atoms with E-state index in [2.05, 4.69) is 15.7 Å². The highest BCUT2D eigenvalue weighted by Crippen LogP contribution is 2.29. The van der Waals surface area contributed by atoms with Gasteiger partial charge in [0.05, 0.1) is 0 Å². The van der Waals surface area contributed by atoms with E-state index in [4.69, 9.17) is 0 Å². The van der Waals surface area contributed by atoms with E-state index in [0.29, 0.717) is 24.1 Å². The van der Waals surface area contributed by atoms with Gasteiger partial charge in [-0.25, -0.2) is 0 Å². The van der Waals surface area contributed by atoms with Gasteiger partial charge in [-0.05, 0) is 50.2 Å². The van der Waals surface area contributed by atoms with Crippen LogP contribution in [0.4, 0.5) is 5.69 Å². The zero-order valence-corrected chi connectivity index (χ0v) is 14.5. The van der Waals surface area contributed by atoms with Gasteiger partial charge in [0.25, 0.3) is 11.8 Å². The van der Waals surface area contributed by atoms with Crippen LogP contribution in [0.1, 0.15) is 23.2 Å². The second kappa shape index (κ2) is 7.06. The number of amides is 2. The van der Waals surface area contributed by atoms with Crippen molar-refractivity contribution in [3.8, 4) is 0 Å². The largest absolute Gasteiger partial charge is 0.345 e. The molecule has 3 rings (SSSR count). The molecule has 2 N–H and O–H groups in total. The normalized spacial score (nSPS) is 16.2. The average Bonchev–Trinajstić information content (AvgIpc) is 3.17. The number of aromatic nitrogens is 2. The zero-order chi connectivity index (χ0) is 17.9. The van der Waals surface area contributed by atoms with E-state index < -0.39 is 5.54 Å². The lowest BCUT2D eigenvalue weighted by Gasteiger charge is -2.36. The van der Waals surface area contributed by atoms with Crippen LogP contribution >= 0.6 is 0 Å². The molecule has 132 valence electrons. The highest BCUT2D eigenvalue weighted by Gasteiger charge is 2.42. The lowest BCUT2D eigenvalue weighted by molar-refractivity contribution is -0.126. The Morgan fingerprint density at radius 1 is 1.24 bits per heavy atom. The number of hydrogen-bond acceptors (Lipinski definition) is 4. The highest BCUT2D eigenvalue weighted by molar-refractivity contribution is 5.99. The second-order valence-electron chi connectivity index (χ2n) is 6.47. The first kappa shape index (κ1) is 17.2. The van der Waals surface area contributed by atoms with E-state index in [1.54, 1.807) is 49.2 Å². The van der Waals surface area contributed by atoms with Gasteiger partial charge in [0.15, 0.2) is 0 Å². The molecule has 2 heterocycles. The Hall–Kier alpha value is -2.67. The first-order valence-electron chi connectivity index (χ1n) is 8.37. The number of benzene rings is 1. The third-order valence-corrected chi connectivity index (χ3v) is 4.57. The van der Waals surface area contributed by atoms with Crippen LogP contribution in [0.5, 0.6) is 0 Å². The lowest BCUT2D eigenvalue weighted by Crippen LogP contribution is -2.52. The molecule has 1 aliphatic heterocycles. The van der Waals surface area contributed by atoms with E-state index in [9.17, 15) is 9.59 Å². The molecular formula is C18H23N5O2. The number of nitrogens with zero attached hydrogens (tertiary/aromatic N) is 3. The molecule has 1 aromatic carbocycles. The van der Waals surface area contributed by atoms with Crippen molar-refractivity contribution >= 4 is 17.5 Å². The zero-order valence-electron chi connectivity index (χ0n) is 14.5. The molecule has 1 aromatic heterocycles. The first-order chi connectivity index (χ1) is 12.0. The highest BCUT2D eigenvalue weighted by atomic mass is 16.2. The Morgan fingerprint density at radius 3 is 2.64 bits per heavy atom. The fourth-order valence-electron chi connectivity index (χ4n) is 3.16. The van der Waals surface area contributed by atoms with Crippen LogP contribution in [-0.2, 0) is 10.3 Å². The minimum absolute atomic E-state index is 0.0974. The second-order valence-corrected chi connectivity index (χ2v) is 6.47. The molecule has 1 aliphatic rings. The Bertz CT molecular complexity index is 749. The molecule has 0 unspecified atom stereocenters. The Balaban J connectivity index is 1.85. The van der Waals surface area contributed by atoms with Crippen LogP contribution in [-0.4, -0.2) is 53.7 Å². The van der Waals surface area contributed by atoms with E-state index in [-0.39, 0.29) is 11.8 Å². The fourth-order valence-corrected chi connectivity index (χ4v) is 3.16. The van der Waals surface area contributed by atoms with Crippen LogP contribution in [0.2, 0.25) is 0 Å². The van der Waals surface area contributed by atoms with Gasteiger partial charge in [0.2, 0.25) is 0 Å². The van der Waals surface area contributed by atoms with E-state index in [1.165, 1.54) is 4.90 Å². The van der Waals surface area contributed by atoms with Crippen molar-refractivity contribution in [1.82, 2.24) is 20.0 Å². The lowest BCUT2D eigenvalue weighted by atomic mass is 9.87. The number of hydrogen-bond donors (Lipinski definition) is 2. The first-order valence-corrected chi connectivity index (χ1v) is 8.37. The molecule has 0 spiro atoms. The van der Waals surface area contributed by atoms with Gasteiger partial charge in [-0.2, -0.15) is 5.10 Å². The van der Waals surface area contributed by atoms with Gasteiger partial charge in [0, 0.05) is 37.7 Å². The summed E-state index contributed by atoms with van der Waals surface area (Å²) < 4.78 is 1.75. The van der Waals surface area contributed by atoms with Crippen molar-refractivity contribution in [2.45, 2.75) is 18.4 Å². The van der Waals surface area contributed by atoms with Crippen LogP contribution in [0.3, 0.4) is 0 Å². The molecule has 0 saturated carbocycles. The molecule has 0 radical (unpaired) electrons. The maximum absolute atomic E-state index is 13.1. The van der Waals surface area contributed by atoms with Crippen LogP contribution in [0, 0.1) is 0 Å². The quantitative estimate of drug-likeness (QED) is 0.879. The molecule has 7 heteroatoms. The standard InChI is InChI=1S/C18H23N5O2/c1-22(2)16(24)14-5-3-6-15(13-14)21-17(25)18(7-10-19-11-8-18)23-12-4-9-20-23/h3-6,9,12-13,19H,7-8,10-11H2,1-2H3,(H,21,25). The Kier molecular flexibility index (Phi) is 4.85. The summed E-state index contributed by atoms with van der Waals surface area (Å²) in [4.78, 5) is 26.7. The third kappa shape index (κ3) is 3.41. The summed E-state index contributed by atoms with van der Waals surface area (Å²) in [5.74, 6) is -0.202. The SMILES string of the molecule is CN(C)C(=O)c1cccc(NC(=O)C2(n3cccn3)CCNCC2)c1. The monoisotopic (exact) mass is 341 g/mol. The minimum Gasteiger partial charge on any atom is -0.345 e. The maximum Gasteiger partial charge on any atom is 0.253 e. The van der Waals surface area contributed by atoms with E-state index in [1.807, 2.05) is 12.3 Å². The van der Waals surface area contributed by atoms with E-state index in [0.717, 1.165) is 13.1 Å². The summed E-state index contributed by atoms with van der Waals surface area (Å²) in [6.45, 7) is 1.51. The predicted octanol–water partition coefficient (Wildman–Crippen LogP) is 1.30. The smallest absolute Gasteiger partial charge is 0.253 e. The fraction of sp³-hybridized carbons (Fsp3) is 0.389. The molecule has 1 fully saturated rings. The summed E-state index contributed by atoms with van der Waals surface area (Å²) in [5.41, 5.74) is 0.445. The molecule has 7 nitrogen and oxygen atoms in total. The molecule has 0 aliphatic carbocycles. The Morgan fingerprint density at radius 2 is 2.00 bits per heavy atom. The van der Waals surface area contributed by atoms with Gasteiger partial charge in [-0.3, -0.25) is 14.3 Å². The van der Waals surface area contributed by atoms with E-state index >= 15 is 0 Å². The van der Waals surface area contributed by atoms with Gasteiger partial charge in [0.1, 0.15) is 5.54 Å². The summed E-state index contributed by atoms with van der Waals surface area (Å²) in [6, 6.07) is 8.84. The number of carbonyl (C=O) groups is 2. The molecule has 0 atom stereocenters. The van der Waals surface area contributed by atoms with Crippen molar-refractivity contribution in [2.75, 3.05) is 32.5 Å². The number of anilines is 1. The molecule has 1 saturated heterocycles. The number of piperidine rings is 1. The predicted molar refractivity (Wildman–Crippen MR) is 95.4 cm³/mol. The topological polar surface area (TPSA) is 79.3 Å². The van der Waals surface area contributed by atoms with Gasteiger partial charge in [-0.1, -0.05) is 6.07 Å². The third-order valence-electron chi connectivity index (χ3n) is 4.57. The van der Waals surface area contributed by atoms with Crippen molar-refractivity contribution in [1.29, 1.82) is 0 Å². The van der Waals surface area contributed by atoms with Gasteiger partial charge in [-0.15, -0.1) is 0 Å². The Labute approximate surface area is 147 Å². The van der Waals surface area contributed by atoms with Crippen molar-refractivity contribution in [2.24, 2.45) is 0 Å². The molecule has 2 aromatic rings. The molecule has 2 amide bonds. The number of carbonyl (C=O) groups excluding carboxylic acids is 2. The average molecular weight is 341 g/mol. The van der Waals surface area contributed by atoms with Crippen LogP contribution in [0.25, 0.3) is 0 Å². The number of rotatable bonds is 4. The molecule has 25 heavy (non-hydrogen) atoms. The minimum atomic E-state index is -0.712. The maximum atomic E-state index is 13.1. The molecular weight excluding hydrogens is 318 g/mol. The van der Waals surface area contributed by atoms with Crippen LogP contribution in [0.15, 0.2) is 42.7 Å².